The van der Waals surface area contributed by atoms with Crippen molar-refractivity contribution in [3.8, 4) is 11.4 Å². The van der Waals surface area contributed by atoms with E-state index in [0.717, 1.165) is 28.5 Å². The molecule has 4 rings (SSSR count). The zero-order valence-corrected chi connectivity index (χ0v) is 13.0. The van der Waals surface area contributed by atoms with Crippen molar-refractivity contribution >= 4 is 27.4 Å². The SMILES string of the molecule is C=CCNc1nc(-c2cccnc2)nc2sc3c(c12)CCC3. The van der Waals surface area contributed by atoms with Crippen LogP contribution in [-0.2, 0) is 12.8 Å². The number of nitrogens with zero attached hydrogens (tertiary/aromatic N) is 3. The van der Waals surface area contributed by atoms with E-state index >= 15 is 0 Å². The molecule has 1 N–H and O–H groups in total. The van der Waals surface area contributed by atoms with Crippen LogP contribution in [0.25, 0.3) is 21.6 Å². The van der Waals surface area contributed by atoms with Gasteiger partial charge in [-0.3, -0.25) is 4.98 Å². The zero-order valence-electron chi connectivity index (χ0n) is 12.2. The Labute approximate surface area is 133 Å². The minimum atomic E-state index is 0.698. The van der Waals surface area contributed by atoms with Gasteiger partial charge in [0.05, 0.1) is 5.39 Å². The average Bonchev–Trinajstić information content (AvgIpc) is 3.13. The summed E-state index contributed by atoms with van der Waals surface area (Å²) in [5.74, 6) is 1.65. The molecule has 0 fully saturated rings. The van der Waals surface area contributed by atoms with Crippen molar-refractivity contribution in [1.29, 1.82) is 0 Å². The number of hydrogen-bond donors (Lipinski definition) is 1. The summed E-state index contributed by atoms with van der Waals surface area (Å²) >= 11 is 1.81. The number of nitrogens with one attached hydrogen (secondary N) is 1. The van der Waals surface area contributed by atoms with Crippen LogP contribution in [0, 0.1) is 0 Å². The van der Waals surface area contributed by atoms with Crippen LogP contribution >= 0.6 is 11.3 Å². The Morgan fingerprint density at radius 1 is 1.32 bits per heavy atom. The molecule has 0 atom stereocenters. The molecule has 0 bridgehead atoms. The Morgan fingerprint density at radius 3 is 3.09 bits per heavy atom. The van der Waals surface area contributed by atoms with Gasteiger partial charge in [0.2, 0.25) is 0 Å². The maximum atomic E-state index is 4.78. The van der Waals surface area contributed by atoms with Gasteiger partial charge in [-0.2, -0.15) is 0 Å². The fraction of sp³-hybridized carbons (Fsp3) is 0.235. The Kier molecular flexibility index (Phi) is 3.35. The Hall–Kier alpha value is -2.27. The number of aromatic nitrogens is 3. The number of aryl methyl sites for hydroxylation is 2. The molecule has 0 radical (unpaired) electrons. The highest BCUT2D eigenvalue weighted by atomic mass is 32.1. The first-order chi connectivity index (χ1) is 10.9. The van der Waals surface area contributed by atoms with E-state index in [9.17, 15) is 0 Å². The fourth-order valence-electron chi connectivity index (χ4n) is 2.92. The summed E-state index contributed by atoms with van der Waals surface area (Å²) in [6, 6.07) is 3.90. The predicted molar refractivity (Wildman–Crippen MR) is 91.4 cm³/mol. The summed E-state index contributed by atoms with van der Waals surface area (Å²) in [6.07, 6.45) is 8.96. The smallest absolute Gasteiger partial charge is 0.164 e. The van der Waals surface area contributed by atoms with E-state index in [-0.39, 0.29) is 0 Å². The first-order valence-electron chi connectivity index (χ1n) is 7.44. The van der Waals surface area contributed by atoms with Gasteiger partial charge in [0.25, 0.3) is 0 Å². The van der Waals surface area contributed by atoms with Crippen molar-refractivity contribution in [2.24, 2.45) is 0 Å². The van der Waals surface area contributed by atoms with E-state index in [2.05, 4.69) is 16.9 Å². The monoisotopic (exact) mass is 308 g/mol. The molecular formula is C17H16N4S. The molecule has 1 aliphatic carbocycles. The summed E-state index contributed by atoms with van der Waals surface area (Å²) in [6.45, 7) is 4.48. The predicted octanol–water partition coefficient (Wildman–Crippen LogP) is 3.84. The van der Waals surface area contributed by atoms with Gasteiger partial charge in [0.1, 0.15) is 10.6 Å². The third-order valence-corrected chi connectivity index (χ3v) is 5.08. The highest BCUT2D eigenvalue weighted by molar-refractivity contribution is 7.19. The van der Waals surface area contributed by atoms with Gasteiger partial charge in [0.15, 0.2) is 5.82 Å². The Balaban J connectivity index is 1.92. The van der Waals surface area contributed by atoms with Gasteiger partial charge >= 0.3 is 0 Å². The van der Waals surface area contributed by atoms with Crippen LogP contribution < -0.4 is 5.32 Å². The van der Waals surface area contributed by atoms with Crippen LogP contribution in [0.1, 0.15) is 16.9 Å². The number of anilines is 1. The van der Waals surface area contributed by atoms with Gasteiger partial charge < -0.3 is 5.32 Å². The first kappa shape index (κ1) is 13.4. The second-order valence-corrected chi connectivity index (χ2v) is 6.43. The van der Waals surface area contributed by atoms with E-state index in [1.165, 1.54) is 28.7 Å². The summed E-state index contributed by atoms with van der Waals surface area (Å²) in [7, 11) is 0. The molecule has 110 valence electrons. The van der Waals surface area contributed by atoms with E-state index < -0.39 is 0 Å². The van der Waals surface area contributed by atoms with Gasteiger partial charge in [-0.1, -0.05) is 6.08 Å². The average molecular weight is 308 g/mol. The van der Waals surface area contributed by atoms with Gasteiger partial charge in [-0.05, 0) is 37.0 Å². The number of fused-ring (bicyclic) bond motifs is 3. The molecule has 3 aromatic rings. The van der Waals surface area contributed by atoms with Crippen LogP contribution in [0.5, 0.6) is 0 Å². The molecule has 0 spiro atoms. The summed E-state index contributed by atoms with van der Waals surface area (Å²) in [5.41, 5.74) is 2.38. The van der Waals surface area contributed by atoms with Crippen LogP contribution in [-0.4, -0.2) is 21.5 Å². The molecule has 4 nitrogen and oxygen atoms in total. The lowest BCUT2D eigenvalue weighted by atomic mass is 10.2. The summed E-state index contributed by atoms with van der Waals surface area (Å²) < 4.78 is 0. The maximum Gasteiger partial charge on any atom is 0.164 e. The van der Waals surface area contributed by atoms with Crippen molar-refractivity contribution < 1.29 is 0 Å². The maximum absolute atomic E-state index is 4.78. The second-order valence-electron chi connectivity index (χ2n) is 5.34. The van der Waals surface area contributed by atoms with E-state index in [1.807, 2.05) is 18.2 Å². The molecule has 0 unspecified atom stereocenters. The van der Waals surface area contributed by atoms with Crippen molar-refractivity contribution in [3.63, 3.8) is 0 Å². The molecule has 1 aliphatic rings. The van der Waals surface area contributed by atoms with Crippen LogP contribution in [0.3, 0.4) is 0 Å². The van der Waals surface area contributed by atoms with E-state index in [4.69, 9.17) is 9.97 Å². The Morgan fingerprint density at radius 2 is 2.27 bits per heavy atom. The van der Waals surface area contributed by atoms with Gasteiger partial charge in [-0.15, -0.1) is 17.9 Å². The minimum Gasteiger partial charge on any atom is -0.366 e. The standard InChI is InChI=1S/C17H16N4S/c1-2-8-19-16-14-12-6-3-7-13(12)22-17(14)21-15(20-16)11-5-4-9-18-10-11/h2,4-5,9-10H,1,3,6-8H2,(H,19,20,21). The van der Waals surface area contributed by atoms with Gasteiger partial charge in [-0.25, -0.2) is 9.97 Å². The van der Waals surface area contributed by atoms with Crippen molar-refractivity contribution in [3.05, 3.63) is 47.6 Å². The third kappa shape index (κ3) is 2.18. The highest BCUT2D eigenvalue weighted by Crippen LogP contribution is 2.40. The molecule has 5 heteroatoms. The van der Waals surface area contributed by atoms with Crippen molar-refractivity contribution in [1.82, 2.24) is 15.0 Å². The molecule has 3 heterocycles. The Bertz CT molecular complexity index is 839. The topological polar surface area (TPSA) is 50.7 Å². The highest BCUT2D eigenvalue weighted by Gasteiger charge is 2.22. The van der Waals surface area contributed by atoms with Crippen molar-refractivity contribution in [2.45, 2.75) is 19.3 Å². The van der Waals surface area contributed by atoms with E-state index in [0.29, 0.717) is 6.54 Å². The molecule has 0 saturated carbocycles. The van der Waals surface area contributed by atoms with Crippen molar-refractivity contribution in [2.75, 3.05) is 11.9 Å². The summed E-state index contributed by atoms with van der Waals surface area (Å²) in [4.78, 5) is 16.2. The third-order valence-electron chi connectivity index (χ3n) is 3.90. The number of hydrogen-bond acceptors (Lipinski definition) is 5. The molecule has 0 aliphatic heterocycles. The minimum absolute atomic E-state index is 0.698. The van der Waals surface area contributed by atoms with Gasteiger partial charge in [0, 0.05) is 29.4 Å². The molecule has 3 aromatic heterocycles. The van der Waals surface area contributed by atoms with Crippen LogP contribution in [0.2, 0.25) is 0 Å². The number of thiophene rings is 1. The molecule has 0 aromatic carbocycles. The fourth-order valence-corrected chi connectivity index (χ4v) is 4.18. The zero-order chi connectivity index (χ0) is 14.9. The quantitative estimate of drug-likeness (QED) is 0.744. The lowest BCUT2D eigenvalue weighted by molar-refractivity contribution is 0.917. The van der Waals surface area contributed by atoms with E-state index in [1.54, 1.807) is 23.7 Å². The lowest BCUT2D eigenvalue weighted by Gasteiger charge is -2.08. The molecular weight excluding hydrogens is 292 g/mol. The molecule has 22 heavy (non-hydrogen) atoms. The molecule has 0 amide bonds. The summed E-state index contributed by atoms with van der Waals surface area (Å²) in [5, 5.41) is 4.58. The lowest BCUT2D eigenvalue weighted by Crippen LogP contribution is -2.03. The first-order valence-corrected chi connectivity index (χ1v) is 8.26. The number of rotatable bonds is 4. The second kappa shape index (κ2) is 5.50. The number of pyridine rings is 1. The van der Waals surface area contributed by atoms with Crippen LogP contribution in [0.15, 0.2) is 37.2 Å². The van der Waals surface area contributed by atoms with Crippen LogP contribution in [0.4, 0.5) is 5.82 Å². The normalized spacial score (nSPS) is 13.3. The molecule has 0 saturated heterocycles. The largest absolute Gasteiger partial charge is 0.366 e.